The molecule has 0 unspecified atom stereocenters. The standard InChI is InChI=1S/C13H11F3N4O/c14-13(15,16)11-2-1-9(7-19-11)20-12(21)8-3-4-18-10(5-8)6-17/h1-5,7H,6,17H2,(H,20,21). The van der Waals surface area contributed by atoms with E-state index in [4.69, 9.17) is 5.73 Å². The third kappa shape index (κ3) is 3.76. The largest absolute Gasteiger partial charge is 0.433 e. The molecule has 21 heavy (non-hydrogen) atoms. The number of hydrogen-bond acceptors (Lipinski definition) is 4. The predicted octanol–water partition coefficient (Wildman–Crippen LogP) is 2.21. The summed E-state index contributed by atoms with van der Waals surface area (Å²) < 4.78 is 37.1. The third-order valence-corrected chi connectivity index (χ3v) is 2.60. The number of anilines is 1. The molecule has 0 aromatic carbocycles. The molecule has 0 bridgehead atoms. The molecule has 0 saturated heterocycles. The number of nitrogens with two attached hydrogens (primary N) is 1. The number of hydrogen-bond donors (Lipinski definition) is 2. The SMILES string of the molecule is NCc1cc(C(=O)Nc2ccc(C(F)(F)F)nc2)ccn1. The molecule has 2 aromatic heterocycles. The van der Waals surface area contributed by atoms with Gasteiger partial charge in [-0.25, -0.2) is 4.98 Å². The second kappa shape index (κ2) is 5.88. The summed E-state index contributed by atoms with van der Waals surface area (Å²) in [4.78, 5) is 19.1. The Bertz CT molecular complexity index is 641. The lowest BCUT2D eigenvalue weighted by molar-refractivity contribution is -0.141. The van der Waals surface area contributed by atoms with Crippen LogP contribution in [0.4, 0.5) is 18.9 Å². The van der Waals surface area contributed by atoms with Crippen LogP contribution in [-0.4, -0.2) is 15.9 Å². The van der Waals surface area contributed by atoms with Crippen LogP contribution in [-0.2, 0) is 12.7 Å². The zero-order valence-electron chi connectivity index (χ0n) is 10.7. The van der Waals surface area contributed by atoms with Gasteiger partial charge in [0.25, 0.3) is 5.91 Å². The van der Waals surface area contributed by atoms with Gasteiger partial charge >= 0.3 is 6.18 Å². The fourth-order valence-corrected chi connectivity index (χ4v) is 1.57. The van der Waals surface area contributed by atoms with Gasteiger partial charge in [0, 0.05) is 18.3 Å². The Hall–Kier alpha value is -2.48. The van der Waals surface area contributed by atoms with Gasteiger partial charge in [-0.2, -0.15) is 13.2 Å². The highest BCUT2D eigenvalue weighted by molar-refractivity contribution is 6.04. The van der Waals surface area contributed by atoms with Crippen LogP contribution in [0.5, 0.6) is 0 Å². The summed E-state index contributed by atoms with van der Waals surface area (Å²) in [7, 11) is 0. The van der Waals surface area contributed by atoms with Crippen molar-refractivity contribution in [3.63, 3.8) is 0 Å². The van der Waals surface area contributed by atoms with Crippen LogP contribution < -0.4 is 11.1 Å². The fraction of sp³-hybridized carbons (Fsp3) is 0.154. The molecule has 3 N–H and O–H groups in total. The maximum atomic E-state index is 12.4. The van der Waals surface area contributed by atoms with E-state index in [0.29, 0.717) is 11.3 Å². The summed E-state index contributed by atoms with van der Waals surface area (Å²) >= 11 is 0. The van der Waals surface area contributed by atoms with Crippen molar-refractivity contribution in [2.45, 2.75) is 12.7 Å². The molecule has 0 aliphatic heterocycles. The van der Waals surface area contributed by atoms with Gasteiger partial charge in [0.05, 0.1) is 17.6 Å². The minimum atomic E-state index is -4.51. The molecule has 2 rings (SSSR count). The summed E-state index contributed by atoms with van der Waals surface area (Å²) in [6.45, 7) is 0.183. The molecule has 5 nitrogen and oxygen atoms in total. The Morgan fingerprint density at radius 3 is 2.57 bits per heavy atom. The highest BCUT2D eigenvalue weighted by Crippen LogP contribution is 2.27. The maximum Gasteiger partial charge on any atom is 0.433 e. The molecular weight excluding hydrogens is 285 g/mol. The van der Waals surface area contributed by atoms with Gasteiger partial charge in [0.2, 0.25) is 0 Å². The molecule has 8 heteroatoms. The molecule has 0 aliphatic carbocycles. The highest BCUT2D eigenvalue weighted by Gasteiger charge is 2.32. The normalized spacial score (nSPS) is 11.2. The number of amides is 1. The molecule has 2 aromatic rings. The van der Waals surface area contributed by atoms with Crippen LogP contribution in [0.25, 0.3) is 0 Å². The summed E-state index contributed by atoms with van der Waals surface area (Å²) in [5, 5.41) is 2.45. The van der Waals surface area contributed by atoms with E-state index in [1.165, 1.54) is 18.3 Å². The first kappa shape index (κ1) is 14.9. The lowest BCUT2D eigenvalue weighted by atomic mass is 10.2. The van der Waals surface area contributed by atoms with E-state index in [1.807, 2.05) is 0 Å². The van der Waals surface area contributed by atoms with Crippen molar-refractivity contribution in [3.05, 3.63) is 53.6 Å². The zero-order valence-corrected chi connectivity index (χ0v) is 10.7. The molecule has 0 atom stereocenters. The summed E-state index contributed by atoms with van der Waals surface area (Å²) in [6, 6.07) is 4.92. The number of nitrogens with one attached hydrogen (secondary N) is 1. The van der Waals surface area contributed by atoms with E-state index in [0.717, 1.165) is 18.3 Å². The number of halogens is 3. The minimum absolute atomic E-state index is 0.166. The van der Waals surface area contributed by atoms with E-state index in [-0.39, 0.29) is 12.2 Å². The number of carbonyl (C=O) groups is 1. The van der Waals surface area contributed by atoms with E-state index in [2.05, 4.69) is 15.3 Å². The molecule has 0 spiro atoms. The van der Waals surface area contributed by atoms with Crippen LogP contribution in [0.15, 0.2) is 36.7 Å². The number of aromatic nitrogens is 2. The number of carbonyl (C=O) groups excluding carboxylic acids is 1. The smallest absolute Gasteiger partial charge is 0.325 e. The number of alkyl halides is 3. The van der Waals surface area contributed by atoms with Crippen LogP contribution in [0.3, 0.4) is 0 Å². The quantitative estimate of drug-likeness (QED) is 0.910. The van der Waals surface area contributed by atoms with Crippen molar-refractivity contribution in [2.75, 3.05) is 5.32 Å². The summed E-state index contributed by atoms with van der Waals surface area (Å²) in [6.07, 6.45) is -2.13. The Balaban J connectivity index is 2.12. The van der Waals surface area contributed by atoms with Crippen LogP contribution in [0.2, 0.25) is 0 Å². The van der Waals surface area contributed by atoms with Gasteiger partial charge < -0.3 is 11.1 Å². The lowest BCUT2D eigenvalue weighted by Gasteiger charge is -2.08. The summed E-state index contributed by atoms with van der Waals surface area (Å²) in [5.41, 5.74) is 5.41. The van der Waals surface area contributed by atoms with Gasteiger partial charge in [0.15, 0.2) is 0 Å². The Morgan fingerprint density at radius 1 is 1.24 bits per heavy atom. The Morgan fingerprint density at radius 2 is 2.00 bits per heavy atom. The average molecular weight is 296 g/mol. The van der Waals surface area contributed by atoms with Crippen molar-refractivity contribution < 1.29 is 18.0 Å². The topological polar surface area (TPSA) is 80.9 Å². The van der Waals surface area contributed by atoms with Gasteiger partial charge in [-0.05, 0) is 24.3 Å². The first-order chi connectivity index (χ1) is 9.90. The molecule has 0 saturated carbocycles. The van der Waals surface area contributed by atoms with Gasteiger partial charge in [-0.3, -0.25) is 9.78 Å². The van der Waals surface area contributed by atoms with Gasteiger partial charge in [0.1, 0.15) is 5.69 Å². The van der Waals surface area contributed by atoms with Crippen molar-refractivity contribution in [1.29, 1.82) is 0 Å². The van der Waals surface area contributed by atoms with Crippen LogP contribution in [0.1, 0.15) is 21.7 Å². The van der Waals surface area contributed by atoms with Crippen molar-refractivity contribution in [3.8, 4) is 0 Å². The minimum Gasteiger partial charge on any atom is -0.325 e. The molecule has 110 valence electrons. The van der Waals surface area contributed by atoms with Crippen LogP contribution in [0, 0.1) is 0 Å². The van der Waals surface area contributed by atoms with Crippen molar-refractivity contribution in [2.24, 2.45) is 5.73 Å². The van der Waals surface area contributed by atoms with E-state index < -0.39 is 17.8 Å². The second-order valence-corrected chi connectivity index (χ2v) is 4.12. The van der Waals surface area contributed by atoms with Crippen LogP contribution >= 0.6 is 0 Å². The van der Waals surface area contributed by atoms with Crippen molar-refractivity contribution >= 4 is 11.6 Å². The van der Waals surface area contributed by atoms with E-state index in [9.17, 15) is 18.0 Å². The van der Waals surface area contributed by atoms with Crippen molar-refractivity contribution in [1.82, 2.24) is 9.97 Å². The molecule has 0 aliphatic rings. The second-order valence-electron chi connectivity index (χ2n) is 4.12. The zero-order chi connectivity index (χ0) is 15.5. The maximum absolute atomic E-state index is 12.4. The molecule has 0 fully saturated rings. The summed E-state index contributed by atoms with van der Waals surface area (Å²) in [5.74, 6) is -0.478. The average Bonchev–Trinajstić information content (AvgIpc) is 2.47. The highest BCUT2D eigenvalue weighted by atomic mass is 19.4. The van der Waals surface area contributed by atoms with E-state index in [1.54, 1.807) is 0 Å². The first-order valence-corrected chi connectivity index (χ1v) is 5.90. The molecule has 0 radical (unpaired) electrons. The lowest BCUT2D eigenvalue weighted by Crippen LogP contribution is -2.14. The Labute approximate surface area is 118 Å². The third-order valence-electron chi connectivity index (χ3n) is 2.60. The monoisotopic (exact) mass is 296 g/mol. The first-order valence-electron chi connectivity index (χ1n) is 5.90. The van der Waals surface area contributed by atoms with Gasteiger partial charge in [-0.1, -0.05) is 0 Å². The number of nitrogens with zero attached hydrogens (tertiary/aromatic N) is 2. The number of pyridine rings is 2. The molecule has 1 amide bonds. The van der Waals surface area contributed by atoms with E-state index >= 15 is 0 Å². The van der Waals surface area contributed by atoms with Gasteiger partial charge in [-0.15, -0.1) is 0 Å². The fourth-order valence-electron chi connectivity index (χ4n) is 1.57. The predicted molar refractivity (Wildman–Crippen MR) is 69.3 cm³/mol. The molecular formula is C13H11F3N4O. The Kier molecular flexibility index (Phi) is 4.18. The number of rotatable bonds is 3. The molecule has 2 heterocycles.